The van der Waals surface area contributed by atoms with Gasteiger partial charge in [0.1, 0.15) is 11.4 Å². The van der Waals surface area contributed by atoms with Crippen LogP contribution in [0.1, 0.15) is 33.3 Å². The van der Waals surface area contributed by atoms with Gasteiger partial charge in [0.2, 0.25) is 5.69 Å². The van der Waals surface area contributed by atoms with E-state index in [1.54, 1.807) is 12.1 Å². The summed E-state index contributed by atoms with van der Waals surface area (Å²) in [6.45, 7) is 8.50. The van der Waals surface area contributed by atoms with E-state index in [1.807, 2.05) is 27.7 Å². The summed E-state index contributed by atoms with van der Waals surface area (Å²) < 4.78 is 68.3. The number of hydrogen-bond donors (Lipinski definition) is 2. The second kappa shape index (κ2) is 5.59. The molecule has 0 amide bonds. The molecule has 0 bridgehead atoms. The van der Waals surface area contributed by atoms with Crippen LogP contribution in [-0.4, -0.2) is 42.8 Å². The fourth-order valence-electron chi connectivity index (χ4n) is 3.71. The first-order valence-corrected chi connectivity index (χ1v) is 10.9. The third kappa shape index (κ3) is 2.66. The maximum absolute atomic E-state index is 12.0. The van der Waals surface area contributed by atoms with E-state index in [4.69, 9.17) is 0 Å². The van der Waals surface area contributed by atoms with E-state index < -0.39 is 35.4 Å². The summed E-state index contributed by atoms with van der Waals surface area (Å²) in [5.41, 5.74) is 2.00. The quantitative estimate of drug-likeness (QED) is 0.607. The van der Waals surface area contributed by atoms with Gasteiger partial charge in [-0.05, 0) is 44.4 Å². The topological polar surface area (TPSA) is 112 Å². The van der Waals surface area contributed by atoms with Crippen molar-refractivity contribution in [3.05, 3.63) is 29.8 Å². The molecular weight excluding hydrogens is 378 g/mol. The van der Waals surface area contributed by atoms with Crippen LogP contribution in [0.15, 0.2) is 34.1 Å². The maximum atomic E-state index is 12.0. The number of benzene rings is 2. The average Bonchev–Trinajstić information content (AvgIpc) is 2.71. The van der Waals surface area contributed by atoms with Gasteiger partial charge in [0.25, 0.3) is 20.2 Å². The Morgan fingerprint density at radius 3 is 2.15 bits per heavy atom. The Hall–Kier alpha value is -1.81. The van der Waals surface area contributed by atoms with Crippen molar-refractivity contribution < 1.29 is 30.5 Å². The van der Waals surface area contributed by atoms with Gasteiger partial charge in [0, 0.05) is 23.9 Å². The second-order valence-corrected chi connectivity index (χ2v) is 9.70. The van der Waals surface area contributed by atoms with E-state index in [-0.39, 0.29) is 5.39 Å². The zero-order valence-electron chi connectivity index (χ0n) is 14.8. The van der Waals surface area contributed by atoms with Crippen LogP contribution >= 0.6 is 0 Å². The Morgan fingerprint density at radius 1 is 1.04 bits per heavy atom. The zero-order chi connectivity index (χ0) is 19.7. The van der Waals surface area contributed by atoms with Gasteiger partial charge in [-0.2, -0.15) is 21.4 Å². The molecule has 26 heavy (non-hydrogen) atoms. The molecule has 2 aromatic carbocycles. The molecule has 0 unspecified atom stereocenters. The van der Waals surface area contributed by atoms with Gasteiger partial charge in [-0.15, -0.1) is 0 Å². The highest BCUT2D eigenvalue weighted by molar-refractivity contribution is 7.86. The van der Waals surface area contributed by atoms with Gasteiger partial charge in [0.15, 0.2) is 5.71 Å². The molecule has 0 saturated heterocycles. The van der Waals surface area contributed by atoms with E-state index in [0.29, 0.717) is 17.5 Å². The first-order valence-electron chi connectivity index (χ1n) is 7.98. The lowest BCUT2D eigenvalue weighted by Crippen LogP contribution is -2.26. The molecule has 3 rings (SSSR count). The third-order valence-corrected chi connectivity index (χ3v) is 6.86. The summed E-state index contributed by atoms with van der Waals surface area (Å²) >= 11 is 0. The Balaban J connectivity index is 2.58. The van der Waals surface area contributed by atoms with Gasteiger partial charge in [-0.3, -0.25) is 9.11 Å². The van der Waals surface area contributed by atoms with Crippen molar-refractivity contribution in [3.8, 4) is 0 Å². The minimum atomic E-state index is -4.73. The highest BCUT2D eigenvalue weighted by Gasteiger charge is 2.45. The monoisotopic (exact) mass is 398 g/mol. The van der Waals surface area contributed by atoms with Gasteiger partial charge < -0.3 is 0 Å². The van der Waals surface area contributed by atoms with Crippen molar-refractivity contribution in [2.45, 2.75) is 42.9 Å². The van der Waals surface area contributed by atoms with Crippen molar-refractivity contribution in [2.75, 3.05) is 6.54 Å². The minimum Gasteiger partial charge on any atom is -0.282 e. The maximum Gasteiger partial charge on any atom is 0.295 e. The van der Waals surface area contributed by atoms with Gasteiger partial charge in [0.05, 0.1) is 10.3 Å². The predicted molar refractivity (Wildman–Crippen MR) is 97.7 cm³/mol. The first-order chi connectivity index (χ1) is 11.8. The Kier molecular flexibility index (Phi) is 4.08. The lowest BCUT2D eigenvalue weighted by atomic mass is 9.80. The lowest BCUT2D eigenvalue weighted by molar-refractivity contribution is -0.434. The van der Waals surface area contributed by atoms with Gasteiger partial charge in [-0.25, -0.2) is 0 Å². The molecule has 1 heterocycles. The van der Waals surface area contributed by atoms with Crippen LogP contribution in [0.5, 0.6) is 0 Å². The van der Waals surface area contributed by atoms with Crippen LogP contribution in [0.25, 0.3) is 10.8 Å². The van der Waals surface area contributed by atoms with Crippen molar-refractivity contribution >= 4 is 42.4 Å². The van der Waals surface area contributed by atoms with Crippen LogP contribution < -0.4 is 0 Å². The number of hydrogen-bond acceptors (Lipinski definition) is 4. The standard InChI is InChI=1S/C17H19NO6S2/c1-5-18-10(2)17(3,4)16-13(18)7-6-11-8-12(25(19,20)21)9-14(15(11)16)26(22,23)24/h6-9H,5H2,1-4H3,(H-,19,20,21,22,23,24)/p+1. The van der Waals surface area contributed by atoms with Crippen molar-refractivity contribution in [1.82, 2.24) is 0 Å². The first kappa shape index (κ1) is 19.0. The van der Waals surface area contributed by atoms with Crippen LogP contribution in [0.4, 0.5) is 5.69 Å². The zero-order valence-corrected chi connectivity index (χ0v) is 16.4. The van der Waals surface area contributed by atoms with Crippen LogP contribution in [0.2, 0.25) is 0 Å². The SMILES string of the molecule is CC[N+]1=C(C)C(C)(C)c2c1ccc1cc(S(=O)(=O)O)cc(S(=O)(=O)O)c21. The fourth-order valence-corrected chi connectivity index (χ4v) is 5.08. The van der Waals surface area contributed by atoms with E-state index >= 15 is 0 Å². The van der Waals surface area contributed by atoms with Crippen LogP contribution in [-0.2, 0) is 25.7 Å². The van der Waals surface area contributed by atoms with Crippen molar-refractivity contribution in [1.29, 1.82) is 0 Å². The molecule has 2 N–H and O–H groups in total. The highest BCUT2D eigenvalue weighted by atomic mass is 32.2. The molecule has 0 radical (unpaired) electrons. The molecule has 0 aromatic heterocycles. The molecule has 0 saturated carbocycles. The van der Waals surface area contributed by atoms with Crippen molar-refractivity contribution in [2.24, 2.45) is 0 Å². The summed E-state index contributed by atoms with van der Waals surface area (Å²) in [5, 5.41) is 0.572. The van der Waals surface area contributed by atoms with E-state index in [1.165, 1.54) is 6.07 Å². The largest absolute Gasteiger partial charge is 0.295 e. The number of fused-ring (bicyclic) bond motifs is 3. The smallest absolute Gasteiger partial charge is 0.282 e. The number of rotatable bonds is 3. The normalized spacial score (nSPS) is 17.0. The van der Waals surface area contributed by atoms with E-state index in [0.717, 1.165) is 17.5 Å². The molecule has 7 nitrogen and oxygen atoms in total. The Labute approximate surface area is 152 Å². The van der Waals surface area contributed by atoms with Gasteiger partial charge in [-0.1, -0.05) is 0 Å². The molecule has 1 aliphatic heterocycles. The van der Waals surface area contributed by atoms with Crippen LogP contribution in [0.3, 0.4) is 0 Å². The third-order valence-electron chi connectivity index (χ3n) is 5.15. The van der Waals surface area contributed by atoms with E-state index in [9.17, 15) is 25.9 Å². The molecule has 9 heteroatoms. The number of nitrogens with zero attached hydrogens (tertiary/aromatic N) is 1. The second-order valence-electron chi connectivity index (χ2n) is 6.88. The van der Waals surface area contributed by atoms with Crippen LogP contribution in [0, 0.1) is 0 Å². The Bertz CT molecular complexity index is 1190. The molecule has 0 fully saturated rings. The molecule has 2 aromatic rings. The molecule has 1 aliphatic rings. The summed E-state index contributed by atoms with van der Waals surface area (Å²) in [6, 6.07) is 5.39. The molecule has 0 aliphatic carbocycles. The average molecular weight is 398 g/mol. The lowest BCUT2D eigenvalue weighted by Gasteiger charge is -2.19. The predicted octanol–water partition coefficient (Wildman–Crippen LogP) is 2.75. The summed E-state index contributed by atoms with van der Waals surface area (Å²) in [7, 11) is -9.37. The fraction of sp³-hybridized carbons (Fsp3) is 0.353. The highest BCUT2D eigenvalue weighted by Crippen LogP contribution is 2.46. The molecular formula is C17H20NO6S2+. The summed E-state index contributed by atoms with van der Waals surface area (Å²) in [6.07, 6.45) is 0. The summed E-state index contributed by atoms with van der Waals surface area (Å²) in [5.74, 6) is 0. The molecule has 0 spiro atoms. The summed E-state index contributed by atoms with van der Waals surface area (Å²) in [4.78, 5) is -1.11. The minimum absolute atomic E-state index is 0.262. The van der Waals surface area contributed by atoms with E-state index in [2.05, 4.69) is 4.58 Å². The Morgan fingerprint density at radius 2 is 1.65 bits per heavy atom. The van der Waals surface area contributed by atoms with Gasteiger partial charge >= 0.3 is 0 Å². The molecule has 0 atom stereocenters. The van der Waals surface area contributed by atoms with Crippen molar-refractivity contribution in [3.63, 3.8) is 0 Å². The molecule has 140 valence electrons.